The van der Waals surface area contributed by atoms with E-state index in [0.29, 0.717) is 25.3 Å². The number of amides is 5. The zero-order valence-corrected chi connectivity index (χ0v) is 23.0. The van der Waals surface area contributed by atoms with Crippen LogP contribution in [0, 0.1) is 0 Å². The van der Waals surface area contributed by atoms with Gasteiger partial charge in [0.15, 0.2) is 0 Å². The van der Waals surface area contributed by atoms with Crippen molar-refractivity contribution >= 4 is 29.5 Å². The van der Waals surface area contributed by atoms with E-state index in [4.69, 9.17) is 10.5 Å². The molecule has 0 aromatic heterocycles. The number of carbonyl (C=O) groups excluding carboxylic acids is 5. The average molecular weight is 559 g/mol. The van der Waals surface area contributed by atoms with Crippen LogP contribution in [0.3, 0.4) is 0 Å². The molecule has 6 N–H and O–H groups in total. The molecule has 1 aromatic carbocycles. The standard InChI is InChI=1S/C28H42N6O6/c29-24(35)12-10-21-27(38)30-14-7-19-40-23-9-4-3-8-20(23)26(37)33-22(11-13-25(36)32-21)28(39)31-15-18-34-16-5-1-2-6-17-34/h3-4,8-9,21-22H,1-2,5-7,10-19H2,(H2,29,35)(H,30,38)(H,31,39)(H,32,36)(H,33,37)/t21?,22-/m0/s1. The van der Waals surface area contributed by atoms with Crippen LogP contribution in [0.15, 0.2) is 24.3 Å². The molecule has 5 amide bonds. The molecule has 2 heterocycles. The van der Waals surface area contributed by atoms with Crippen molar-refractivity contribution in [1.29, 1.82) is 0 Å². The first-order valence-electron chi connectivity index (χ1n) is 14.2. The highest BCUT2D eigenvalue weighted by atomic mass is 16.5. The van der Waals surface area contributed by atoms with Gasteiger partial charge in [-0.2, -0.15) is 0 Å². The van der Waals surface area contributed by atoms with E-state index in [1.807, 2.05) is 0 Å². The minimum atomic E-state index is -0.985. The third kappa shape index (κ3) is 10.5. The van der Waals surface area contributed by atoms with Gasteiger partial charge in [-0.3, -0.25) is 24.0 Å². The van der Waals surface area contributed by atoms with Crippen molar-refractivity contribution in [2.24, 2.45) is 5.73 Å². The molecule has 0 radical (unpaired) electrons. The molecule has 1 saturated heterocycles. The Labute approximate surface area is 235 Å². The monoisotopic (exact) mass is 558 g/mol. The van der Waals surface area contributed by atoms with Crippen LogP contribution in [0.5, 0.6) is 5.75 Å². The molecule has 2 aliphatic rings. The van der Waals surface area contributed by atoms with Gasteiger partial charge >= 0.3 is 0 Å². The number of primary amides is 1. The number of hydrogen-bond donors (Lipinski definition) is 5. The lowest BCUT2D eigenvalue weighted by molar-refractivity contribution is -0.130. The van der Waals surface area contributed by atoms with Crippen LogP contribution in [0.1, 0.15) is 68.1 Å². The van der Waals surface area contributed by atoms with Gasteiger partial charge in [-0.05, 0) is 57.3 Å². The van der Waals surface area contributed by atoms with Gasteiger partial charge in [0.2, 0.25) is 23.6 Å². The molecule has 2 atom stereocenters. The maximum absolute atomic E-state index is 13.2. The van der Waals surface area contributed by atoms with Crippen molar-refractivity contribution in [3.63, 3.8) is 0 Å². The van der Waals surface area contributed by atoms with Crippen LogP contribution in [-0.2, 0) is 19.2 Å². The molecule has 0 bridgehead atoms. The fraction of sp³-hybridized carbons (Fsp3) is 0.607. The van der Waals surface area contributed by atoms with Crippen LogP contribution >= 0.6 is 0 Å². The van der Waals surface area contributed by atoms with Gasteiger partial charge in [-0.1, -0.05) is 25.0 Å². The fourth-order valence-electron chi connectivity index (χ4n) is 4.79. The van der Waals surface area contributed by atoms with E-state index in [9.17, 15) is 24.0 Å². The third-order valence-corrected chi connectivity index (χ3v) is 7.05. The molecule has 2 aliphatic heterocycles. The van der Waals surface area contributed by atoms with Crippen LogP contribution in [0.2, 0.25) is 0 Å². The Morgan fingerprint density at radius 3 is 2.52 bits per heavy atom. The van der Waals surface area contributed by atoms with E-state index < -0.39 is 41.6 Å². The normalized spacial score (nSPS) is 21.9. The number of nitrogens with two attached hydrogens (primary N) is 1. The van der Waals surface area contributed by atoms with Crippen LogP contribution < -0.4 is 31.7 Å². The van der Waals surface area contributed by atoms with Crippen molar-refractivity contribution in [2.75, 3.05) is 39.3 Å². The predicted octanol–water partition coefficient (Wildman–Crippen LogP) is 0.206. The van der Waals surface area contributed by atoms with Crippen LogP contribution in [0.25, 0.3) is 0 Å². The van der Waals surface area contributed by atoms with Crippen molar-refractivity contribution in [3.05, 3.63) is 29.8 Å². The quantitative estimate of drug-likeness (QED) is 0.318. The lowest BCUT2D eigenvalue weighted by Crippen LogP contribution is -2.50. The fourth-order valence-corrected chi connectivity index (χ4v) is 4.79. The van der Waals surface area contributed by atoms with E-state index in [-0.39, 0.29) is 44.4 Å². The Morgan fingerprint density at radius 2 is 1.77 bits per heavy atom. The minimum absolute atomic E-state index is 0.0142. The lowest BCUT2D eigenvalue weighted by atomic mass is 10.1. The molecular formula is C28H42N6O6. The Hall–Kier alpha value is -3.67. The molecule has 40 heavy (non-hydrogen) atoms. The maximum atomic E-state index is 13.2. The van der Waals surface area contributed by atoms with Crippen LogP contribution in [-0.4, -0.2) is 85.9 Å². The number of fused-ring (bicyclic) bond motifs is 1. The average Bonchev–Trinajstić information content (AvgIpc) is 3.21. The van der Waals surface area contributed by atoms with Gasteiger partial charge < -0.3 is 36.6 Å². The Morgan fingerprint density at radius 1 is 1.02 bits per heavy atom. The van der Waals surface area contributed by atoms with Gasteiger partial charge in [0.25, 0.3) is 5.91 Å². The van der Waals surface area contributed by atoms with E-state index in [0.717, 1.165) is 25.9 Å². The lowest BCUT2D eigenvalue weighted by Gasteiger charge is -2.23. The summed E-state index contributed by atoms with van der Waals surface area (Å²) in [5.74, 6) is -2.01. The van der Waals surface area contributed by atoms with Gasteiger partial charge in [0, 0.05) is 32.5 Å². The van der Waals surface area contributed by atoms with E-state index in [1.54, 1.807) is 24.3 Å². The Balaban J connectivity index is 1.72. The molecule has 12 nitrogen and oxygen atoms in total. The summed E-state index contributed by atoms with van der Waals surface area (Å²) in [7, 11) is 0. The number of hydrogen-bond acceptors (Lipinski definition) is 7. The van der Waals surface area contributed by atoms with E-state index >= 15 is 0 Å². The number of nitrogens with zero attached hydrogens (tertiary/aromatic N) is 1. The van der Waals surface area contributed by atoms with Gasteiger partial charge in [-0.15, -0.1) is 0 Å². The molecule has 3 rings (SSSR count). The van der Waals surface area contributed by atoms with Crippen LogP contribution in [0.4, 0.5) is 0 Å². The summed E-state index contributed by atoms with van der Waals surface area (Å²) in [6.07, 6.45) is 5.03. The molecular weight excluding hydrogens is 516 g/mol. The highest BCUT2D eigenvalue weighted by Crippen LogP contribution is 2.19. The van der Waals surface area contributed by atoms with Crippen molar-refractivity contribution in [1.82, 2.24) is 26.2 Å². The van der Waals surface area contributed by atoms with Gasteiger partial charge in [-0.25, -0.2) is 0 Å². The number of benzene rings is 1. The second-order valence-corrected chi connectivity index (χ2v) is 10.2. The van der Waals surface area contributed by atoms with E-state index in [1.165, 1.54) is 12.8 Å². The summed E-state index contributed by atoms with van der Waals surface area (Å²) < 4.78 is 5.81. The second kappa shape index (κ2) is 16.4. The zero-order chi connectivity index (χ0) is 28.7. The number of rotatable bonds is 7. The molecule has 12 heteroatoms. The first-order valence-corrected chi connectivity index (χ1v) is 14.2. The van der Waals surface area contributed by atoms with Crippen molar-refractivity contribution < 1.29 is 28.7 Å². The smallest absolute Gasteiger partial charge is 0.255 e. The Bertz CT molecular complexity index is 1030. The maximum Gasteiger partial charge on any atom is 0.255 e. The third-order valence-electron chi connectivity index (χ3n) is 7.05. The summed E-state index contributed by atoms with van der Waals surface area (Å²) in [6, 6.07) is 4.79. The van der Waals surface area contributed by atoms with Crippen molar-refractivity contribution in [3.8, 4) is 5.75 Å². The number of nitrogens with one attached hydrogen (secondary N) is 4. The summed E-state index contributed by atoms with van der Waals surface area (Å²) in [6.45, 7) is 3.63. The Kier molecular flexibility index (Phi) is 12.7. The number of ether oxygens (including phenoxy) is 1. The molecule has 0 saturated carbocycles. The summed E-state index contributed by atoms with van der Waals surface area (Å²) in [5, 5.41) is 11.1. The first kappa shape index (κ1) is 30.9. The zero-order valence-electron chi connectivity index (χ0n) is 23.0. The molecule has 0 spiro atoms. The largest absolute Gasteiger partial charge is 0.493 e. The predicted molar refractivity (Wildman–Crippen MR) is 148 cm³/mol. The molecule has 1 aromatic rings. The number of para-hydroxylation sites is 1. The number of carbonyl (C=O) groups is 5. The highest BCUT2D eigenvalue weighted by molar-refractivity contribution is 5.99. The molecule has 1 fully saturated rings. The van der Waals surface area contributed by atoms with E-state index in [2.05, 4.69) is 26.2 Å². The minimum Gasteiger partial charge on any atom is -0.493 e. The molecule has 0 aliphatic carbocycles. The van der Waals surface area contributed by atoms with Gasteiger partial charge in [0.1, 0.15) is 17.8 Å². The summed E-state index contributed by atoms with van der Waals surface area (Å²) in [4.78, 5) is 65.5. The number of likely N-dealkylation sites (tertiary alicyclic amines) is 1. The SMILES string of the molecule is NC(=O)CCC1NC(=O)CC[C@@H](C(=O)NCCN2CCCCCC2)NC(=O)c2ccccc2OCCCNC1=O. The second-order valence-electron chi connectivity index (χ2n) is 10.2. The highest BCUT2D eigenvalue weighted by Gasteiger charge is 2.26. The van der Waals surface area contributed by atoms with Crippen molar-refractivity contribution in [2.45, 2.75) is 69.9 Å². The summed E-state index contributed by atoms with van der Waals surface area (Å²) >= 11 is 0. The first-order chi connectivity index (χ1) is 19.3. The topological polar surface area (TPSA) is 172 Å². The molecule has 1 unspecified atom stereocenters. The summed E-state index contributed by atoms with van der Waals surface area (Å²) in [5.41, 5.74) is 5.52. The molecule has 220 valence electrons. The van der Waals surface area contributed by atoms with Gasteiger partial charge in [0.05, 0.1) is 12.2 Å².